The van der Waals surface area contributed by atoms with E-state index < -0.39 is 5.97 Å². The van der Waals surface area contributed by atoms with Crippen LogP contribution in [0.15, 0.2) is 0 Å². The summed E-state index contributed by atoms with van der Waals surface area (Å²) < 4.78 is 0. The van der Waals surface area contributed by atoms with Crippen LogP contribution >= 0.6 is 0 Å². The van der Waals surface area contributed by atoms with Gasteiger partial charge < -0.3 is 5.11 Å². The molecule has 2 aliphatic rings. The fourth-order valence-electron chi connectivity index (χ4n) is 3.42. The molecule has 2 rings (SSSR count). The van der Waals surface area contributed by atoms with Gasteiger partial charge in [-0.1, -0.05) is 13.8 Å². The van der Waals surface area contributed by atoms with Crippen LogP contribution in [0.5, 0.6) is 0 Å². The van der Waals surface area contributed by atoms with E-state index in [0.29, 0.717) is 5.41 Å². The van der Waals surface area contributed by atoms with Crippen molar-refractivity contribution in [3.63, 3.8) is 0 Å². The second-order valence-electron chi connectivity index (χ2n) is 6.62. The lowest BCUT2D eigenvalue weighted by Crippen LogP contribution is -2.38. The zero-order valence-electron chi connectivity index (χ0n) is 11.7. The maximum Gasteiger partial charge on any atom is 0.317 e. The highest BCUT2D eigenvalue weighted by molar-refractivity contribution is 5.69. The maximum absolute atomic E-state index is 10.7. The summed E-state index contributed by atoms with van der Waals surface area (Å²) in [5, 5.41) is 8.85. The first-order valence-corrected chi connectivity index (χ1v) is 7.14. The van der Waals surface area contributed by atoms with Crippen LogP contribution in [0.3, 0.4) is 0 Å². The molecule has 18 heavy (non-hydrogen) atoms. The lowest BCUT2D eigenvalue weighted by atomic mass is 9.91. The summed E-state index contributed by atoms with van der Waals surface area (Å²) in [5.41, 5.74) is 0.498. The van der Waals surface area contributed by atoms with Crippen molar-refractivity contribution in [1.29, 1.82) is 0 Å². The molecule has 0 radical (unpaired) electrons. The summed E-state index contributed by atoms with van der Waals surface area (Å²) in [6, 6.07) is 0.727. The van der Waals surface area contributed by atoms with Crippen LogP contribution in [0.2, 0.25) is 0 Å². The number of rotatable bonds is 3. The minimum absolute atomic E-state index is 0.198. The molecule has 0 spiro atoms. The average Bonchev–Trinajstić information content (AvgIpc) is 2.48. The van der Waals surface area contributed by atoms with Gasteiger partial charge in [-0.15, -0.1) is 0 Å². The third-order valence-corrected chi connectivity index (χ3v) is 4.44. The van der Waals surface area contributed by atoms with E-state index in [2.05, 4.69) is 23.6 Å². The van der Waals surface area contributed by atoms with Crippen LogP contribution in [-0.2, 0) is 4.79 Å². The van der Waals surface area contributed by atoms with Crippen molar-refractivity contribution in [2.75, 3.05) is 32.7 Å². The van der Waals surface area contributed by atoms with Crippen LogP contribution in [0.1, 0.15) is 39.5 Å². The molecule has 1 saturated heterocycles. The largest absolute Gasteiger partial charge is 0.480 e. The first-order valence-electron chi connectivity index (χ1n) is 7.14. The molecule has 0 aromatic heterocycles. The Morgan fingerprint density at radius 2 is 2.06 bits per heavy atom. The Labute approximate surface area is 110 Å². The zero-order valence-corrected chi connectivity index (χ0v) is 11.7. The van der Waals surface area contributed by atoms with Crippen molar-refractivity contribution in [3.8, 4) is 0 Å². The van der Waals surface area contributed by atoms with Gasteiger partial charge in [-0.05, 0) is 37.6 Å². The van der Waals surface area contributed by atoms with Gasteiger partial charge in [-0.25, -0.2) is 0 Å². The van der Waals surface area contributed by atoms with E-state index in [1.165, 1.54) is 19.3 Å². The summed E-state index contributed by atoms with van der Waals surface area (Å²) in [6.07, 6.45) is 5.04. The monoisotopic (exact) mass is 254 g/mol. The smallest absolute Gasteiger partial charge is 0.317 e. The average molecular weight is 254 g/mol. The van der Waals surface area contributed by atoms with Gasteiger partial charge in [0, 0.05) is 25.7 Å². The van der Waals surface area contributed by atoms with Gasteiger partial charge in [0.1, 0.15) is 0 Å². The van der Waals surface area contributed by atoms with Gasteiger partial charge in [0.05, 0.1) is 6.54 Å². The van der Waals surface area contributed by atoms with E-state index in [1.54, 1.807) is 0 Å². The van der Waals surface area contributed by atoms with Gasteiger partial charge in [0.25, 0.3) is 0 Å². The van der Waals surface area contributed by atoms with E-state index in [1.807, 2.05) is 0 Å². The van der Waals surface area contributed by atoms with Crippen molar-refractivity contribution < 1.29 is 9.90 Å². The molecule has 1 unspecified atom stereocenters. The molecule has 4 nitrogen and oxygen atoms in total. The van der Waals surface area contributed by atoms with Gasteiger partial charge in [-0.2, -0.15) is 0 Å². The van der Waals surface area contributed by atoms with Crippen molar-refractivity contribution in [3.05, 3.63) is 0 Å². The van der Waals surface area contributed by atoms with Crippen molar-refractivity contribution in [2.45, 2.75) is 45.6 Å². The molecule has 0 amide bonds. The Morgan fingerprint density at radius 3 is 2.67 bits per heavy atom. The second kappa shape index (κ2) is 5.57. The third-order valence-electron chi connectivity index (χ3n) is 4.44. The van der Waals surface area contributed by atoms with Gasteiger partial charge in [-0.3, -0.25) is 14.6 Å². The summed E-state index contributed by atoms with van der Waals surface area (Å²) in [7, 11) is 0. The van der Waals surface area contributed by atoms with Crippen molar-refractivity contribution in [1.82, 2.24) is 9.80 Å². The summed E-state index contributed by atoms with van der Waals surface area (Å²) in [4.78, 5) is 15.4. The van der Waals surface area contributed by atoms with E-state index in [0.717, 1.165) is 38.6 Å². The molecule has 1 atom stereocenters. The number of carboxylic acids is 1. The number of nitrogens with zero attached hydrogens (tertiary/aromatic N) is 2. The molecule has 2 fully saturated rings. The highest BCUT2D eigenvalue weighted by Crippen LogP contribution is 2.39. The fourth-order valence-corrected chi connectivity index (χ4v) is 3.42. The van der Waals surface area contributed by atoms with Crippen LogP contribution in [0.25, 0.3) is 0 Å². The molecule has 1 saturated carbocycles. The normalized spacial score (nSPS) is 30.2. The molecule has 0 aromatic rings. The van der Waals surface area contributed by atoms with Crippen LogP contribution < -0.4 is 0 Å². The number of aliphatic carboxylic acids is 1. The molecular formula is C14H26N2O2. The van der Waals surface area contributed by atoms with Crippen LogP contribution in [-0.4, -0.2) is 59.6 Å². The maximum atomic E-state index is 10.7. The number of hydrogen-bond donors (Lipinski definition) is 1. The predicted octanol–water partition coefficient (Wildman–Crippen LogP) is 1.66. The fraction of sp³-hybridized carbons (Fsp3) is 0.929. The van der Waals surface area contributed by atoms with Crippen LogP contribution in [0, 0.1) is 5.41 Å². The molecule has 1 aliphatic carbocycles. The summed E-state index contributed by atoms with van der Waals surface area (Å²) in [5.74, 6) is -0.703. The topological polar surface area (TPSA) is 43.8 Å². The van der Waals surface area contributed by atoms with Crippen molar-refractivity contribution in [2.24, 2.45) is 5.41 Å². The number of carboxylic acid groups (broad SMARTS) is 1. The zero-order chi connectivity index (χ0) is 13.2. The van der Waals surface area contributed by atoms with Crippen LogP contribution in [0.4, 0.5) is 0 Å². The number of hydrogen-bond acceptors (Lipinski definition) is 3. The molecule has 4 heteroatoms. The molecule has 1 N–H and O–H groups in total. The van der Waals surface area contributed by atoms with E-state index >= 15 is 0 Å². The van der Waals surface area contributed by atoms with Gasteiger partial charge >= 0.3 is 5.97 Å². The molecular weight excluding hydrogens is 228 g/mol. The molecule has 0 bridgehead atoms. The molecule has 104 valence electrons. The Morgan fingerprint density at radius 1 is 1.28 bits per heavy atom. The highest BCUT2D eigenvalue weighted by Gasteiger charge is 2.34. The number of carbonyl (C=O) groups is 1. The van der Waals surface area contributed by atoms with E-state index in [4.69, 9.17) is 5.11 Å². The first kappa shape index (κ1) is 13.8. The quantitative estimate of drug-likeness (QED) is 0.832. The second-order valence-corrected chi connectivity index (χ2v) is 6.62. The lowest BCUT2D eigenvalue weighted by molar-refractivity contribution is -0.138. The summed E-state index contributed by atoms with van der Waals surface area (Å²) in [6.45, 7) is 8.93. The minimum atomic E-state index is -0.703. The van der Waals surface area contributed by atoms with E-state index in [9.17, 15) is 4.79 Å². The predicted molar refractivity (Wildman–Crippen MR) is 71.7 cm³/mol. The Hall–Kier alpha value is -0.610. The SMILES string of the molecule is CC1(C)CCC(N2CCCN(CC(=O)O)CC2)C1. The third kappa shape index (κ3) is 3.69. The highest BCUT2D eigenvalue weighted by atomic mass is 16.4. The molecule has 1 heterocycles. The Bertz CT molecular complexity index is 304. The standard InChI is InChI=1S/C14H26N2O2/c1-14(2)5-4-12(10-14)16-7-3-6-15(8-9-16)11-13(17)18/h12H,3-11H2,1-2H3,(H,17,18). The Kier molecular flexibility index (Phi) is 4.28. The first-order chi connectivity index (χ1) is 8.46. The minimum Gasteiger partial charge on any atom is -0.480 e. The van der Waals surface area contributed by atoms with Gasteiger partial charge in [0.2, 0.25) is 0 Å². The molecule has 1 aliphatic heterocycles. The van der Waals surface area contributed by atoms with Gasteiger partial charge in [0.15, 0.2) is 0 Å². The summed E-state index contributed by atoms with van der Waals surface area (Å²) >= 11 is 0. The Balaban J connectivity index is 1.84. The molecule has 0 aromatic carbocycles. The van der Waals surface area contributed by atoms with E-state index in [-0.39, 0.29) is 6.54 Å². The van der Waals surface area contributed by atoms with Crippen molar-refractivity contribution >= 4 is 5.97 Å². The lowest BCUT2D eigenvalue weighted by Gasteiger charge is -2.28.